The Balaban J connectivity index is 1.53. The van der Waals surface area contributed by atoms with E-state index in [9.17, 15) is 0 Å². The zero-order valence-corrected chi connectivity index (χ0v) is 17.6. The minimum absolute atomic E-state index is 0.456. The van der Waals surface area contributed by atoms with Gasteiger partial charge in [-0.3, -0.25) is 4.90 Å². The molecule has 3 aliphatic rings. The van der Waals surface area contributed by atoms with E-state index in [1.54, 1.807) is 11.8 Å². The zero-order chi connectivity index (χ0) is 19.7. The second kappa shape index (κ2) is 7.98. The van der Waals surface area contributed by atoms with Crippen LogP contribution in [0.2, 0.25) is 0 Å². The molecule has 0 atom stereocenters. The van der Waals surface area contributed by atoms with Gasteiger partial charge in [-0.15, -0.1) is 0 Å². The first-order valence-corrected chi connectivity index (χ1v) is 10.1. The van der Waals surface area contributed by atoms with Crippen LogP contribution in [0.3, 0.4) is 0 Å². The van der Waals surface area contributed by atoms with Crippen molar-refractivity contribution in [3.63, 3.8) is 0 Å². The van der Waals surface area contributed by atoms with Crippen molar-refractivity contribution in [2.24, 2.45) is 9.98 Å². The number of anilines is 1. The first-order valence-electron chi connectivity index (χ1n) is 9.30. The zero-order valence-electron chi connectivity index (χ0n) is 16.8. The van der Waals surface area contributed by atoms with Gasteiger partial charge in [0.1, 0.15) is 19.1 Å². The van der Waals surface area contributed by atoms with Gasteiger partial charge in [-0.25, -0.2) is 9.98 Å². The first kappa shape index (κ1) is 19.0. The Kier molecular flexibility index (Phi) is 5.43. The second-order valence-corrected chi connectivity index (χ2v) is 8.28. The number of hydrogen-bond donors (Lipinski definition) is 0. The summed E-state index contributed by atoms with van der Waals surface area (Å²) in [5, 5.41) is 1.16. The molecular formula is C20H26N6OS. The monoisotopic (exact) mass is 398 g/mol. The van der Waals surface area contributed by atoms with Gasteiger partial charge in [0.2, 0.25) is 0 Å². The number of likely N-dealkylation sites (N-methyl/N-ethyl adjacent to an activating group) is 2. The van der Waals surface area contributed by atoms with Crippen molar-refractivity contribution in [3.05, 3.63) is 46.8 Å². The van der Waals surface area contributed by atoms with Crippen molar-refractivity contribution in [2.75, 3.05) is 59.6 Å². The smallest absolute Gasteiger partial charge is 0.158 e. The summed E-state index contributed by atoms with van der Waals surface area (Å²) >= 11 is 1.77. The molecule has 0 fully saturated rings. The highest BCUT2D eigenvalue weighted by Gasteiger charge is 2.30. The van der Waals surface area contributed by atoms with Crippen LogP contribution >= 0.6 is 11.8 Å². The highest BCUT2D eigenvalue weighted by atomic mass is 32.2. The summed E-state index contributed by atoms with van der Waals surface area (Å²) in [5.41, 5.74) is 3.22. The SMILES string of the molecule is CN(C)CCOCN1C=NC(/C=C2\Sc3ccccc3N2C)=C2C1=NCN2C. The summed E-state index contributed by atoms with van der Waals surface area (Å²) < 4.78 is 5.80. The molecule has 3 heterocycles. The van der Waals surface area contributed by atoms with Crippen LogP contribution in [0, 0.1) is 0 Å². The Bertz CT molecular complexity index is 875. The van der Waals surface area contributed by atoms with Gasteiger partial charge in [-0.1, -0.05) is 23.9 Å². The van der Waals surface area contributed by atoms with Gasteiger partial charge in [-0.05, 0) is 32.3 Å². The fourth-order valence-corrected chi connectivity index (χ4v) is 4.34. The lowest BCUT2D eigenvalue weighted by molar-refractivity contribution is 0.0811. The summed E-state index contributed by atoms with van der Waals surface area (Å²) in [7, 11) is 8.23. The molecule has 0 saturated heterocycles. The Morgan fingerprint density at radius 1 is 1.25 bits per heavy atom. The minimum Gasteiger partial charge on any atom is -0.359 e. The molecule has 4 rings (SSSR count). The lowest BCUT2D eigenvalue weighted by Gasteiger charge is -2.27. The number of rotatable bonds is 6. The van der Waals surface area contributed by atoms with Gasteiger partial charge in [0.15, 0.2) is 5.84 Å². The van der Waals surface area contributed by atoms with Crippen LogP contribution in [0.1, 0.15) is 0 Å². The molecule has 0 aromatic heterocycles. The van der Waals surface area contributed by atoms with Crippen LogP contribution < -0.4 is 4.90 Å². The molecule has 0 spiro atoms. The molecule has 0 saturated carbocycles. The molecule has 1 aromatic carbocycles. The third-order valence-electron chi connectivity index (χ3n) is 4.82. The molecule has 7 nitrogen and oxygen atoms in total. The van der Waals surface area contributed by atoms with Crippen LogP contribution in [0.5, 0.6) is 0 Å². The highest BCUT2D eigenvalue weighted by molar-refractivity contribution is 8.03. The number of benzene rings is 1. The van der Waals surface area contributed by atoms with Gasteiger partial charge in [-0.2, -0.15) is 0 Å². The summed E-state index contributed by atoms with van der Waals surface area (Å²) in [6, 6.07) is 8.45. The molecule has 0 bridgehead atoms. The van der Waals surface area contributed by atoms with Crippen molar-refractivity contribution in [1.82, 2.24) is 14.7 Å². The Morgan fingerprint density at radius 3 is 2.86 bits per heavy atom. The second-order valence-electron chi connectivity index (χ2n) is 7.22. The maximum Gasteiger partial charge on any atom is 0.158 e. The normalized spacial score (nSPS) is 19.8. The summed E-state index contributed by atoms with van der Waals surface area (Å²) in [6.45, 7) is 2.66. The number of amidine groups is 1. The number of allylic oxidation sites excluding steroid dienone is 1. The van der Waals surface area contributed by atoms with Gasteiger partial charge in [0, 0.05) is 25.5 Å². The molecule has 0 radical (unpaired) electrons. The topological polar surface area (TPSA) is 46.9 Å². The van der Waals surface area contributed by atoms with E-state index in [1.807, 2.05) is 25.3 Å². The molecular weight excluding hydrogens is 372 g/mol. The molecule has 28 heavy (non-hydrogen) atoms. The molecule has 0 aliphatic carbocycles. The summed E-state index contributed by atoms with van der Waals surface area (Å²) in [6.07, 6.45) is 3.98. The van der Waals surface area contributed by atoms with E-state index < -0.39 is 0 Å². The number of aliphatic imine (C=N–C) groups is 2. The molecule has 148 valence electrons. The van der Waals surface area contributed by atoms with Crippen molar-refractivity contribution < 1.29 is 4.74 Å². The van der Waals surface area contributed by atoms with E-state index in [-0.39, 0.29) is 0 Å². The van der Waals surface area contributed by atoms with Crippen molar-refractivity contribution in [2.45, 2.75) is 4.90 Å². The predicted octanol–water partition coefficient (Wildman–Crippen LogP) is 2.46. The number of fused-ring (bicyclic) bond motifs is 2. The van der Waals surface area contributed by atoms with Gasteiger partial charge >= 0.3 is 0 Å². The summed E-state index contributed by atoms with van der Waals surface area (Å²) in [5.74, 6) is 0.928. The van der Waals surface area contributed by atoms with E-state index >= 15 is 0 Å². The number of para-hydroxylation sites is 1. The van der Waals surface area contributed by atoms with Crippen LogP contribution in [-0.4, -0.2) is 81.6 Å². The number of nitrogens with zero attached hydrogens (tertiary/aromatic N) is 6. The lowest BCUT2D eigenvalue weighted by Crippen LogP contribution is -2.37. The van der Waals surface area contributed by atoms with Crippen LogP contribution in [0.4, 0.5) is 5.69 Å². The molecule has 0 unspecified atom stereocenters. The van der Waals surface area contributed by atoms with Gasteiger partial charge in [0.05, 0.1) is 29.4 Å². The van der Waals surface area contributed by atoms with E-state index in [1.165, 1.54) is 10.6 Å². The van der Waals surface area contributed by atoms with Gasteiger partial charge in [0.25, 0.3) is 0 Å². The van der Waals surface area contributed by atoms with Crippen molar-refractivity contribution >= 4 is 29.6 Å². The Hall–Kier alpha value is -2.29. The number of thioether (sulfide) groups is 1. The van der Waals surface area contributed by atoms with Crippen molar-refractivity contribution in [1.29, 1.82) is 0 Å². The van der Waals surface area contributed by atoms with Crippen LogP contribution in [0.15, 0.2) is 61.6 Å². The number of hydrogen-bond acceptors (Lipinski definition) is 8. The molecule has 1 aromatic rings. The highest BCUT2D eigenvalue weighted by Crippen LogP contribution is 2.45. The fourth-order valence-electron chi connectivity index (χ4n) is 3.25. The van der Waals surface area contributed by atoms with Crippen LogP contribution in [-0.2, 0) is 4.74 Å². The predicted molar refractivity (Wildman–Crippen MR) is 116 cm³/mol. The van der Waals surface area contributed by atoms with Crippen molar-refractivity contribution in [3.8, 4) is 0 Å². The molecule has 0 N–H and O–H groups in total. The number of ether oxygens (including phenoxy) is 1. The quantitative estimate of drug-likeness (QED) is 0.686. The Morgan fingerprint density at radius 2 is 2.07 bits per heavy atom. The average Bonchev–Trinajstić information content (AvgIpc) is 3.22. The fraction of sp³-hybridized carbons (Fsp3) is 0.400. The van der Waals surface area contributed by atoms with E-state index in [0.29, 0.717) is 20.0 Å². The van der Waals surface area contributed by atoms with E-state index in [4.69, 9.17) is 14.7 Å². The molecule has 3 aliphatic heterocycles. The third kappa shape index (κ3) is 3.67. The molecule has 8 heteroatoms. The average molecular weight is 399 g/mol. The summed E-state index contributed by atoms with van der Waals surface area (Å²) in [4.78, 5) is 19.1. The lowest BCUT2D eigenvalue weighted by atomic mass is 10.2. The largest absolute Gasteiger partial charge is 0.359 e. The third-order valence-corrected chi connectivity index (χ3v) is 5.99. The van der Waals surface area contributed by atoms with E-state index in [0.717, 1.165) is 28.8 Å². The maximum atomic E-state index is 5.80. The van der Waals surface area contributed by atoms with Crippen LogP contribution in [0.25, 0.3) is 0 Å². The molecule has 0 amide bonds. The minimum atomic E-state index is 0.456. The first-order chi connectivity index (χ1) is 13.5. The van der Waals surface area contributed by atoms with E-state index in [2.05, 4.69) is 59.1 Å². The maximum absolute atomic E-state index is 5.80. The standard InChI is InChI=1S/C20H26N6OS/c1-23(2)9-10-27-14-26-13-21-15(19-20(26)22-12-24(19)3)11-18-25(4)16-7-5-6-8-17(16)28-18/h5-8,11,13H,9-10,12,14H2,1-4H3/b18-11-. The van der Waals surface area contributed by atoms with Gasteiger partial charge < -0.3 is 19.4 Å². The Labute approximate surface area is 170 Å².